The number of hydrogen-bond donors (Lipinski definition) is 1. The average Bonchev–Trinajstić information content (AvgIpc) is 2.20. The molecular formula is C14H24N2. The Balaban J connectivity index is 2.64. The van der Waals surface area contributed by atoms with Crippen molar-refractivity contribution in [3.63, 3.8) is 0 Å². The van der Waals surface area contributed by atoms with Gasteiger partial charge in [-0.2, -0.15) is 0 Å². The van der Waals surface area contributed by atoms with Crippen molar-refractivity contribution >= 4 is 0 Å². The van der Waals surface area contributed by atoms with E-state index in [9.17, 15) is 0 Å². The second kappa shape index (κ2) is 6.66. The fourth-order valence-electron chi connectivity index (χ4n) is 2.05. The minimum absolute atomic E-state index is 0.724. The van der Waals surface area contributed by atoms with Crippen LogP contribution in [-0.4, -0.2) is 25.5 Å². The van der Waals surface area contributed by atoms with Gasteiger partial charge in [0.1, 0.15) is 0 Å². The first-order valence-corrected chi connectivity index (χ1v) is 6.03. The zero-order valence-electron chi connectivity index (χ0n) is 11.0. The highest BCUT2D eigenvalue weighted by atomic mass is 15.1. The minimum atomic E-state index is 0.724. The largest absolute Gasteiger partial charge is 0.316 e. The monoisotopic (exact) mass is 220 g/mol. The third-order valence-electron chi connectivity index (χ3n) is 2.60. The molecule has 0 atom stereocenters. The van der Waals surface area contributed by atoms with Crippen LogP contribution in [0.1, 0.15) is 25.0 Å². The number of nitrogens with one attached hydrogen (secondary N) is 1. The standard InChI is InChI=1S/C14H24N2/c1-12(2)10-16(4)11-14-8-6-5-7-13(14)9-15-3/h5-8,12,15H,9-11H2,1-4H3. The zero-order chi connectivity index (χ0) is 12.0. The molecule has 0 aliphatic carbocycles. The molecule has 2 nitrogen and oxygen atoms in total. The molecule has 0 heterocycles. The van der Waals surface area contributed by atoms with Crippen molar-refractivity contribution in [3.8, 4) is 0 Å². The van der Waals surface area contributed by atoms with Gasteiger partial charge in [0.15, 0.2) is 0 Å². The molecule has 0 aliphatic heterocycles. The Bertz CT molecular complexity index is 307. The number of rotatable bonds is 6. The van der Waals surface area contributed by atoms with Crippen molar-refractivity contribution in [1.29, 1.82) is 0 Å². The lowest BCUT2D eigenvalue weighted by molar-refractivity contribution is 0.287. The molecule has 1 aromatic carbocycles. The molecule has 0 aromatic heterocycles. The van der Waals surface area contributed by atoms with E-state index in [2.05, 4.69) is 55.4 Å². The molecule has 0 unspecified atom stereocenters. The summed E-state index contributed by atoms with van der Waals surface area (Å²) in [7, 11) is 4.19. The van der Waals surface area contributed by atoms with Crippen molar-refractivity contribution in [3.05, 3.63) is 35.4 Å². The summed E-state index contributed by atoms with van der Waals surface area (Å²) in [6.45, 7) is 7.65. The smallest absolute Gasteiger partial charge is 0.0234 e. The highest BCUT2D eigenvalue weighted by Gasteiger charge is 2.06. The van der Waals surface area contributed by atoms with Gasteiger partial charge in [-0.15, -0.1) is 0 Å². The third-order valence-corrected chi connectivity index (χ3v) is 2.60. The van der Waals surface area contributed by atoms with E-state index in [1.165, 1.54) is 11.1 Å². The summed E-state index contributed by atoms with van der Waals surface area (Å²) in [6.07, 6.45) is 0. The molecule has 0 aliphatic rings. The Labute approximate surface area is 99.7 Å². The second-order valence-corrected chi connectivity index (χ2v) is 4.89. The van der Waals surface area contributed by atoms with Crippen LogP contribution in [0.2, 0.25) is 0 Å². The van der Waals surface area contributed by atoms with E-state index in [-0.39, 0.29) is 0 Å². The first-order valence-electron chi connectivity index (χ1n) is 6.03. The van der Waals surface area contributed by atoms with Crippen LogP contribution in [0.15, 0.2) is 24.3 Å². The van der Waals surface area contributed by atoms with Crippen molar-refractivity contribution in [1.82, 2.24) is 10.2 Å². The van der Waals surface area contributed by atoms with Gasteiger partial charge in [0.05, 0.1) is 0 Å². The van der Waals surface area contributed by atoms with Gasteiger partial charge >= 0.3 is 0 Å². The summed E-state index contributed by atoms with van der Waals surface area (Å²) in [4.78, 5) is 2.39. The maximum Gasteiger partial charge on any atom is 0.0234 e. The molecule has 0 saturated carbocycles. The van der Waals surface area contributed by atoms with Crippen LogP contribution in [0.5, 0.6) is 0 Å². The molecule has 2 heteroatoms. The minimum Gasteiger partial charge on any atom is -0.316 e. The van der Waals surface area contributed by atoms with E-state index >= 15 is 0 Å². The summed E-state index contributed by atoms with van der Waals surface area (Å²) in [6, 6.07) is 8.66. The fourth-order valence-corrected chi connectivity index (χ4v) is 2.05. The molecule has 0 amide bonds. The summed E-state index contributed by atoms with van der Waals surface area (Å²) in [5.41, 5.74) is 2.83. The van der Waals surface area contributed by atoms with Gasteiger partial charge in [-0.05, 0) is 31.1 Å². The van der Waals surface area contributed by atoms with E-state index in [1.807, 2.05) is 7.05 Å². The average molecular weight is 220 g/mol. The van der Waals surface area contributed by atoms with Crippen molar-refractivity contribution < 1.29 is 0 Å². The predicted octanol–water partition coefficient (Wildman–Crippen LogP) is 2.49. The molecular weight excluding hydrogens is 196 g/mol. The lowest BCUT2D eigenvalue weighted by atomic mass is 10.1. The van der Waals surface area contributed by atoms with Gasteiger partial charge in [0, 0.05) is 19.6 Å². The molecule has 0 radical (unpaired) electrons. The summed E-state index contributed by atoms with van der Waals surface area (Å²) in [5.74, 6) is 0.724. The molecule has 0 saturated heterocycles. The normalized spacial score (nSPS) is 11.4. The summed E-state index contributed by atoms with van der Waals surface area (Å²) >= 11 is 0. The first-order chi connectivity index (χ1) is 7.63. The van der Waals surface area contributed by atoms with Crippen LogP contribution in [-0.2, 0) is 13.1 Å². The van der Waals surface area contributed by atoms with E-state index in [0.29, 0.717) is 0 Å². The van der Waals surface area contributed by atoms with E-state index in [1.54, 1.807) is 0 Å². The van der Waals surface area contributed by atoms with Crippen LogP contribution in [0.3, 0.4) is 0 Å². The Kier molecular flexibility index (Phi) is 5.50. The van der Waals surface area contributed by atoms with Gasteiger partial charge in [0.2, 0.25) is 0 Å². The molecule has 90 valence electrons. The summed E-state index contributed by atoms with van der Waals surface area (Å²) in [5, 5.41) is 3.22. The van der Waals surface area contributed by atoms with Gasteiger partial charge in [-0.1, -0.05) is 38.1 Å². The molecule has 1 rings (SSSR count). The second-order valence-electron chi connectivity index (χ2n) is 4.89. The first kappa shape index (κ1) is 13.2. The molecule has 0 fully saturated rings. The maximum absolute atomic E-state index is 3.22. The quantitative estimate of drug-likeness (QED) is 0.792. The fraction of sp³-hybridized carbons (Fsp3) is 0.571. The van der Waals surface area contributed by atoms with Crippen molar-refractivity contribution in [2.45, 2.75) is 26.9 Å². The van der Waals surface area contributed by atoms with Crippen molar-refractivity contribution in [2.75, 3.05) is 20.6 Å². The number of nitrogens with zero attached hydrogens (tertiary/aromatic N) is 1. The maximum atomic E-state index is 3.22. The number of benzene rings is 1. The van der Waals surface area contributed by atoms with Crippen LogP contribution < -0.4 is 5.32 Å². The zero-order valence-corrected chi connectivity index (χ0v) is 11.0. The van der Waals surface area contributed by atoms with Gasteiger partial charge in [0.25, 0.3) is 0 Å². The van der Waals surface area contributed by atoms with Gasteiger partial charge < -0.3 is 10.2 Å². The topological polar surface area (TPSA) is 15.3 Å². The Morgan fingerprint density at radius 1 is 1.19 bits per heavy atom. The van der Waals surface area contributed by atoms with Gasteiger partial charge in [-0.3, -0.25) is 0 Å². The molecule has 1 aromatic rings. The number of hydrogen-bond acceptors (Lipinski definition) is 2. The van der Waals surface area contributed by atoms with Crippen LogP contribution >= 0.6 is 0 Å². The molecule has 0 bridgehead atoms. The molecule has 1 N–H and O–H groups in total. The van der Waals surface area contributed by atoms with Crippen LogP contribution in [0, 0.1) is 5.92 Å². The molecule has 0 spiro atoms. The van der Waals surface area contributed by atoms with E-state index in [4.69, 9.17) is 0 Å². The Morgan fingerprint density at radius 3 is 2.38 bits per heavy atom. The van der Waals surface area contributed by atoms with Crippen molar-refractivity contribution in [2.24, 2.45) is 5.92 Å². The SMILES string of the molecule is CNCc1ccccc1CN(C)CC(C)C. The summed E-state index contributed by atoms with van der Waals surface area (Å²) < 4.78 is 0. The lowest BCUT2D eigenvalue weighted by Gasteiger charge is -2.20. The molecule has 16 heavy (non-hydrogen) atoms. The van der Waals surface area contributed by atoms with E-state index < -0.39 is 0 Å². The van der Waals surface area contributed by atoms with Crippen LogP contribution in [0.25, 0.3) is 0 Å². The predicted molar refractivity (Wildman–Crippen MR) is 70.4 cm³/mol. The third kappa shape index (κ3) is 4.33. The van der Waals surface area contributed by atoms with E-state index in [0.717, 1.165) is 25.6 Å². The Morgan fingerprint density at radius 2 is 1.81 bits per heavy atom. The van der Waals surface area contributed by atoms with Crippen LogP contribution in [0.4, 0.5) is 0 Å². The highest BCUT2D eigenvalue weighted by molar-refractivity contribution is 5.26. The highest BCUT2D eigenvalue weighted by Crippen LogP contribution is 2.11. The Hall–Kier alpha value is -0.860. The van der Waals surface area contributed by atoms with Gasteiger partial charge in [-0.25, -0.2) is 0 Å². The lowest BCUT2D eigenvalue weighted by Crippen LogP contribution is -2.23.